The van der Waals surface area contributed by atoms with Gasteiger partial charge in [0, 0.05) is 43.9 Å². The Bertz CT molecular complexity index is 970. The largest absolute Gasteiger partial charge is 0.493 e. The van der Waals surface area contributed by atoms with Gasteiger partial charge in [0.25, 0.3) is 0 Å². The third-order valence-electron chi connectivity index (χ3n) is 7.81. The minimum atomic E-state index is 0.140. The third kappa shape index (κ3) is 5.92. The molecule has 0 unspecified atom stereocenters. The number of hydrogen-bond acceptors (Lipinski definition) is 5. The number of rotatable bonds is 8. The number of benzene rings is 2. The second-order valence-electron chi connectivity index (χ2n) is 10.2. The number of anilines is 1. The minimum absolute atomic E-state index is 0.140. The number of methoxy groups -OCH3 is 1. The SMILES string of the molecule is COc1ccc(N2CCN(C(=O)C[C@H]3CCCN3)[C@@H](Cc3ccccc3)C2)cc1OC1CCCC1. The number of nitrogens with zero attached hydrogens (tertiary/aromatic N) is 2. The molecule has 2 aromatic rings. The van der Waals surface area contributed by atoms with Crippen molar-refractivity contribution in [3.63, 3.8) is 0 Å². The number of carbonyl (C=O) groups is 1. The highest BCUT2D eigenvalue weighted by atomic mass is 16.5. The van der Waals surface area contributed by atoms with Crippen LogP contribution in [-0.4, -0.2) is 62.3 Å². The molecule has 0 radical (unpaired) electrons. The molecule has 6 nitrogen and oxygen atoms in total. The van der Waals surface area contributed by atoms with Gasteiger partial charge in [-0.15, -0.1) is 0 Å². The first-order chi connectivity index (χ1) is 17.2. The molecule has 1 saturated carbocycles. The summed E-state index contributed by atoms with van der Waals surface area (Å²) >= 11 is 0. The van der Waals surface area contributed by atoms with E-state index in [1.165, 1.54) is 24.8 Å². The van der Waals surface area contributed by atoms with E-state index >= 15 is 0 Å². The standard InChI is InChI=1S/C29H39N3O3/c1-34-27-14-13-24(20-28(27)35-26-11-5-6-12-26)31-16-17-32(29(33)19-23-10-7-15-30-23)25(21-31)18-22-8-3-2-4-9-22/h2-4,8-9,13-14,20,23,25-26,30H,5-7,10-12,15-19,21H2,1H3/t23-,25+/m1/s1. The molecule has 6 heteroatoms. The Morgan fingerprint density at radius 1 is 1.00 bits per heavy atom. The van der Waals surface area contributed by atoms with Gasteiger partial charge in [-0.25, -0.2) is 0 Å². The molecule has 2 aromatic carbocycles. The Labute approximate surface area is 209 Å². The third-order valence-corrected chi connectivity index (χ3v) is 7.81. The molecule has 3 aliphatic rings. The summed E-state index contributed by atoms with van der Waals surface area (Å²) in [7, 11) is 1.70. The number of hydrogen-bond donors (Lipinski definition) is 1. The maximum atomic E-state index is 13.4. The van der Waals surface area contributed by atoms with Crippen LogP contribution in [0, 0.1) is 0 Å². The van der Waals surface area contributed by atoms with Crippen molar-refractivity contribution in [2.45, 2.75) is 69.6 Å². The molecular weight excluding hydrogens is 438 g/mol. The Hall–Kier alpha value is -2.73. The highest BCUT2D eigenvalue weighted by Gasteiger charge is 2.32. The van der Waals surface area contributed by atoms with E-state index in [-0.39, 0.29) is 18.1 Å². The molecule has 1 aliphatic carbocycles. The topological polar surface area (TPSA) is 54.0 Å². The van der Waals surface area contributed by atoms with Gasteiger partial charge in [-0.1, -0.05) is 30.3 Å². The van der Waals surface area contributed by atoms with E-state index < -0.39 is 0 Å². The van der Waals surface area contributed by atoms with E-state index in [4.69, 9.17) is 9.47 Å². The van der Waals surface area contributed by atoms with Gasteiger partial charge >= 0.3 is 0 Å². The van der Waals surface area contributed by atoms with Crippen LogP contribution in [-0.2, 0) is 11.2 Å². The monoisotopic (exact) mass is 477 g/mol. The Balaban J connectivity index is 1.33. The molecule has 1 amide bonds. The average Bonchev–Trinajstić information content (AvgIpc) is 3.59. The van der Waals surface area contributed by atoms with Gasteiger partial charge in [-0.2, -0.15) is 0 Å². The van der Waals surface area contributed by atoms with E-state index in [0.29, 0.717) is 12.5 Å². The normalized spacial score (nSPS) is 23.0. The fourth-order valence-corrected chi connectivity index (χ4v) is 5.88. The molecule has 0 bridgehead atoms. The quantitative estimate of drug-likeness (QED) is 0.610. The van der Waals surface area contributed by atoms with Crippen LogP contribution >= 0.6 is 0 Å². The second-order valence-corrected chi connectivity index (χ2v) is 10.2. The average molecular weight is 478 g/mol. The number of nitrogens with one attached hydrogen (secondary N) is 1. The first-order valence-electron chi connectivity index (χ1n) is 13.4. The summed E-state index contributed by atoms with van der Waals surface area (Å²) in [6.07, 6.45) is 8.72. The molecule has 35 heavy (non-hydrogen) atoms. The lowest BCUT2D eigenvalue weighted by atomic mass is 10.00. The summed E-state index contributed by atoms with van der Waals surface area (Å²) in [5.41, 5.74) is 2.41. The van der Waals surface area contributed by atoms with Crippen molar-refractivity contribution < 1.29 is 14.3 Å². The van der Waals surface area contributed by atoms with Crippen LogP contribution in [0.25, 0.3) is 0 Å². The first-order valence-corrected chi connectivity index (χ1v) is 13.4. The minimum Gasteiger partial charge on any atom is -0.493 e. The van der Waals surface area contributed by atoms with E-state index in [2.05, 4.69) is 57.6 Å². The highest BCUT2D eigenvalue weighted by Crippen LogP contribution is 2.36. The molecule has 2 heterocycles. The van der Waals surface area contributed by atoms with Crippen molar-refractivity contribution >= 4 is 11.6 Å². The molecule has 5 rings (SSSR count). The molecule has 1 N–H and O–H groups in total. The molecule has 0 aromatic heterocycles. The van der Waals surface area contributed by atoms with Gasteiger partial charge < -0.3 is 24.6 Å². The lowest BCUT2D eigenvalue weighted by molar-refractivity contribution is -0.134. The zero-order chi connectivity index (χ0) is 24.0. The summed E-state index contributed by atoms with van der Waals surface area (Å²) in [4.78, 5) is 17.9. The second kappa shape index (κ2) is 11.3. The Morgan fingerprint density at radius 2 is 1.83 bits per heavy atom. The van der Waals surface area contributed by atoms with Crippen molar-refractivity contribution in [3.8, 4) is 11.5 Å². The Kier molecular flexibility index (Phi) is 7.77. The number of ether oxygens (including phenoxy) is 2. The van der Waals surface area contributed by atoms with Gasteiger partial charge in [-0.05, 0) is 69.2 Å². The van der Waals surface area contributed by atoms with Crippen molar-refractivity contribution in [1.29, 1.82) is 0 Å². The fourth-order valence-electron chi connectivity index (χ4n) is 5.88. The van der Waals surface area contributed by atoms with Crippen molar-refractivity contribution in [2.75, 3.05) is 38.2 Å². The maximum absolute atomic E-state index is 13.4. The van der Waals surface area contributed by atoms with Crippen LogP contribution < -0.4 is 19.7 Å². The summed E-state index contributed by atoms with van der Waals surface area (Å²) in [5.74, 6) is 1.91. The van der Waals surface area contributed by atoms with Gasteiger partial charge in [0.2, 0.25) is 5.91 Å². The first kappa shape index (κ1) is 24.0. The van der Waals surface area contributed by atoms with Crippen LogP contribution in [0.4, 0.5) is 5.69 Å². The van der Waals surface area contributed by atoms with Crippen LogP contribution in [0.1, 0.15) is 50.5 Å². The molecule has 2 saturated heterocycles. The highest BCUT2D eigenvalue weighted by molar-refractivity contribution is 5.78. The summed E-state index contributed by atoms with van der Waals surface area (Å²) < 4.78 is 12.0. The number of piperazine rings is 1. The van der Waals surface area contributed by atoms with E-state index in [0.717, 1.165) is 69.0 Å². The van der Waals surface area contributed by atoms with Crippen LogP contribution in [0.3, 0.4) is 0 Å². The van der Waals surface area contributed by atoms with Gasteiger partial charge in [0.15, 0.2) is 11.5 Å². The number of amides is 1. The van der Waals surface area contributed by atoms with E-state index in [1.54, 1.807) is 7.11 Å². The van der Waals surface area contributed by atoms with Crippen molar-refractivity contribution in [1.82, 2.24) is 10.2 Å². The lowest BCUT2D eigenvalue weighted by Gasteiger charge is -2.43. The van der Waals surface area contributed by atoms with E-state index in [1.807, 2.05) is 6.07 Å². The zero-order valence-corrected chi connectivity index (χ0v) is 21.0. The predicted octanol–water partition coefficient (Wildman–Crippen LogP) is 4.42. The summed E-state index contributed by atoms with van der Waals surface area (Å²) in [5, 5.41) is 3.49. The zero-order valence-electron chi connectivity index (χ0n) is 21.0. The molecule has 3 fully saturated rings. The van der Waals surface area contributed by atoms with Gasteiger partial charge in [0.05, 0.1) is 19.3 Å². The van der Waals surface area contributed by atoms with Crippen LogP contribution in [0.5, 0.6) is 11.5 Å². The van der Waals surface area contributed by atoms with E-state index in [9.17, 15) is 4.79 Å². The fraction of sp³-hybridized carbons (Fsp3) is 0.552. The van der Waals surface area contributed by atoms with Crippen LogP contribution in [0.2, 0.25) is 0 Å². The van der Waals surface area contributed by atoms with Crippen molar-refractivity contribution in [3.05, 3.63) is 54.1 Å². The molecule has 2 atom stereocenters. The van der Waals surface area contributed by atoms with Crippen LogP contribution in [0.15, 0.2) is 48.5 Å². The lowest BCUT2D eigenvalue weighted by Crippen LogP contribution is -2.56. The summed E-state index contributed by atoms with van der Waals surface area (Å²) in [6, 6.07) is 17.3. The maximum Gasteiger partial charge on any atom is 0.224 e. The van der Waals surface area contributed by atoms with Crippen molar-refractivity contribution in [2.24, 2.45) is 0 Å². The molecule has 0 spiro atoms. The smallest absolute Gasteiger partial charge is 0.224 e. The van der Waals surface area contributed by atoms with Gasteiger partial charge in [0.1, 0.15) is 0 Å². The molecular formula is C29H39N3O3. The van der Waals surface area contributed by atoms with Gasteiger partial charge in [-0.3, -0.25) is 4.79 Å². The Morgan fingerprint density at radius 3 is 2.57 bits per heavy atom. The summed E-state index contributed by atoms with van der Waals surface area (Å²) in [6.45, 7) is 3.41. The number of carbonyl (C=O) groups excluding carboxylic acids is 1. The molecule has 2 aliphatic heterocycles. The predicted molar refractivity (Wildman–Crippen MR) is 139 cm³/mol. The molecule has 188 valence electrons.